The Morgan fingerprint density at radius 3 is 2.59 bits per heavy atom. The van der Waals surface area contributed by atoms with E-state index in [-0.39, 0.29) is 11.7 Å². The number of nitrogens with one attached hydrogen (secondary N) is 1. The molecule has 8 heteroatoms. The number of anilines is 2. The third-order valence-electron chi connectivity index (χ3n) is 5.37. The Balaban J connectivity index is 1.66. The molecule has 1 aliphatic rings. The summed E-state index contributed by atoms with van der Waals surface area (Å²) in [5, 5.41) is 5.56. The van der Waals surface area contributed by atoms with Gasteiger partial charge in [-0.1, -0.05) is 6.07 Å². The van der Waals surface area contributed by atoms with Crippen LogP contribution in [0.15, 0.2) is 48.8 Å². The van der Waals surface area contributed by atoms with Crippen molar-refractivity contribution in [2.75, 3.05) is 30.4 Å². The largest absolute Gasteiger partial charge is 0.396 e. The molecule has 152 valence electrons. The summed E-state index contributed by atoms with van der Waals surface area (Å²) in [4.78, 5) is 4.24. The van der Waals surface area contributed by atoms with Crippen LogP contribution < -0.4 is 11.1 Å². The summed E-state index contributed by atoms with van der Waals surface area (Å²) >= 11 is 0. The Hall–Kier alpha value is -2.71. The molecule has 6 nitrogen and oxygen atoms in total. The van der Waals surface area contributed by atoms with E-state index in [0.717, 1.165) is 40.4 Å². The lowest BCUT2D eigenvalue weighted by Crippen LogP contribution is -2.41. The Bertz CT molecular complexity index is 1160. The first-order valence-corrected chi connectivity index (χ1v) is 11.3. The minimum absolute atomic E-state index is 0.111. The number of sulfonamides is 1. The van der Waals surface area contributed by atoms with E-state index in [1.807, 2.05) is 24.4 Å². The van der Waals surface area contributed by atoms with Gasteiger partial charge in [0.2, 0.25) is 10.0 Å². The Kier molecular flexibility index (Phi) is 5.14. The Morgan fingerprint density at radius 1 is 1.14 bits per heavy atom. The van der Waals surface area contributed by atoms with Crippen LogP contribution in [0.3, 0.4) is 0 Å². The van der Waals surface area contributed by atoms with Crippen molar-refractivity contribution in [3.05, 3.63) is 54.6 Å². The van der Waals surface area contributed by atoms with Crippen molar-refractivity contribution in [2.45, 2.75) is 18.9 Å². The lowest BCUT2D eigenvalue weighted by molar-refractivity contribution is 0.332. The fraction of sp³-hybridized carbons (Fsp3) is 0.286. The van der Waals surface area contributed by atoms with Crippen molar-refractivity contribution in [3.63, 3.8) is 0 Å². The highest BCUT2D eigenvalue weighted by molar-refractivity contribution is 7.88. The molecule has 4 rings (SSSR count). The maximum absolute atomic E-state index is 13.6. The van der Waals surface area contributed by atoms with Crippen LogP contribution in [-0.2, 0) is 10.0 Å². The van der Waals surface area contributed by atoms with Crippen molar-refractivity contribution in [3.8, 4) is 11.1 Å². The molecule has 3 aromatic rings. The lowest BCUT2D eigenvalue weighted by atomic mass is 9.99. The maximum Gasteiger partial charge on any atom is 0.211 e. The summed E-state index contributed by atoms with van der Waals surface area (Å²) in [7, 11) is -3.15. The summed E-state index contributed by atoms with van der Waals surface area (Å²) < 4.78 is 38.6. The van der Waals surface area contributed by atoms with Crippen molar-refractivity contribution in [1.29, 1.82) is 0 Å². The summed E-state index contributed by atoms with van der Waals surface area (Å²) in [5.74, 6) is -0.435. The number of rotatable bonds is 4. The predicted molar refractivity (Wildman–Crippen MR) is 115 cm³/mol. The third-order valence-corrected chi connectivity index (χ3v) is 6.67. The van der Waals surface area contributed by atoms with Crippen molar-refractivity contribution < 1.29 is 12.8 Å². The zero-order valence-corrected chi connectivity index (χ0v) is 16.9. The molecule has 0 radical (unpaired) electrons. The predicted octanol–water partition coefficient (Wildman–Crippen LogP) is 3.46. The van der Waals surface area contributed by atoms with Gasteiger partial charge < -0.3 is 11.1 Å². The number of piperidine rings is 1. The monoisotopic (exact) mass is 414 g/mol. The van der Waals surface area contributed by atoms with Gasteiger partial charge in [0.25, 0.3) is 0 Å². The van der Waals surface area contributed by atoms with Crippen LogP contribution in [0, 0.1) is 5.82 Å². The van der Waals surface area contributed by atoms with E-state index in [4.69, 9.17) is 5.73 Å². The number of hydrogen-bond acceptors (Lipinski definition) is 5. The number of halogens is 1. The van der Waals surface area contributed by atoms with Crippen LogP contribution in [-0.4, -0.2) is 43.1 Å². The number of nitrogen functional groups attached to an aromatic ring is 1. The smallest absolute Gasteiger partial charge is 0.211 e. The quantitative estimate of drug-likeness (QED) is 0.639. The summed E-state index contributed by atoms with van der Waals surface area (Å²) in [6.45, 7) is 1.00. The van der Waals surface area contributed by atoms with Gasteiger partial charge in [-0.3, -0.25) is 4.98 Å². The number of nitrogens with two attached hydrogens (primary N) is 1. The van der Waals surface area contributed by atoms with E-state index >= 15 is 0 Å². The van der Waals surface area contributed by atoms with Crippen LogP contribution in [0.1, 0.15) is 12.8 Å². The van der Waals surface area contributed by atoms with E-state index < -0.39 is 15.8 Å². The second-order valence-corrected chi connectivity index (χ2v) is 9.42. The molecule has 0 amide bonds. The van der Waals surface area contributed by atoms with Gasteiger partial charge in [-0.2, -0.15) is 0 Å². The highest BCUT2D eigenvalue weighted by Gasteiger charge is 2.25. The molecular formula is C21H23FN4O2S. The summed E-state index contributed by atoms with van der Waals surface area (Å²) in [5.41, 5.74) is 8.54. The molecule has 0 unspecified atom stereocenters. The van der Waals surface area contributed by atoms with Crippen LogP contribution in [0.25, 0.3) is 21.9 Å². The SMILES string of the molecule is CS(=O)(=O)N1CCC(Nc2cc(-c3ccc(F)c(N)c3)cc3ccncc23)CC1. The normalized spacial score (nSPS) is 16.2. The third kappa shape index (κ3) is 4.18. The lowest BCUT2D eigenvalue weighted by Gasteiger charge is -2.31. The molecule has 3 N–H and O–H groups in total. The highest BCUT2D eigenvalue weighted by atomic mass is 32.2. The zero-order chi connectivity index (χ0) is 20.6. The second-order valence-electron chi connectivity index (χ2n) is 7.44. The van der Waals surface area contributed by atoms with Crippen LogP contribution in [0.5, 0.6) is 0 Å². The molecule has 1 aromatic heterocycles. The number of fused-ring (bicyclic) bond motifs is 1. The minimum Gasteiger partial charge on any atom is -0.396 e. The number of aromatic nitrogens is 1. The molecular weight excluding hydrogens is 391 g/mol. The van der Waals surface area contributed by atoms with Crippen molar-refractivity contribution >= 4 is 32.2 Å². The van der Waals surface area contributed by atoms with Gasteiger partial charge in [0.1, 0.15) is 5.82 Å². The molecule has 29 heavy (non-hydrogen) atoms. The number of pyridine rings is 1. The van der Waals surface area contributed by atoms with Crippen LogP contribution >= 0.6 is 0 Å². The van der Waals surface area contributed by atoms with E-state index in [0.29, 0.717) is 13.1 Å². The van der Waals surface area contributed by atoms with Gasteiger partial charge in [0.15, 0.2) is 0 Å². The summed E-state index contributed by atoms with van der Waals surface area (Å²) in [6.07, 6.45) is 6.24. The number of nitrogens with zero attached hydrogens (tertiary/aromatic N) is 2. The molecule has 1 aliphatic heterocycles. The molecule has 0 bridgehead atoms. The fourth-order valence-electron chi connectivity index (χ4n) is 3.76. The van der Waals surface area contributed by atoms with Crippen LogP contribution in [0.2, 0.25) is 0 Å². The first-order valence-electron chi connectivity index (χ1n) is 9.46. The van der Waals surface area contributed by atoms with Gasteiger partial charge in [0, 0.05) is 42.6 Å². The van der Waals surface area contributed by atoms with Gasteiger partial charge in [-0.25, -0.2) is 17.1 Å². The second kappa shape index (κ2) is 7.61. The van der Waals surface area contributed by atoms with Crippen molar-refractivity contribution in [2.24, 2.45) is 0 Å². The van der Waals surface area contributed by atoms with Crippen molar-refractivity contribution in [1.82, 2.24) is 9.29 Å². The molecule has 0 saturated carbocycles. The first kappa shape index (κ1) is 19.6. The van der Waals surface area contributed by atoms with Crippen LogP contribution in [0.4, 0.5) is 15.8 Å². The number of benzene rings is 2. The van der Waals surface area contributed by atoms with E-state index in [1.165, 1.54) is 16.6 Å². The molecule has 2 heterocycles. The minimum atomic E-state index is -3.15. The van der Waals surface area contributed by atoms with E-state index in [1.54, 1.807) is 18.3 Å². The molecule has 1 saturated heterocycles. The molecule has 0 spiro atoms. The zero-order valence-electron chi connectivity index (χ0n) is 16.1. The molecule has 1 fully saturated rings. The average Bonchev–Trinajstić information content (AvgIpc) is 2.70. The van der Waals surface area contributed by atoms with E-state index in [2.05, 4.69) is 10.3 Å². The maximum atomic E-state index is 13.6. The number of hydrogen-bond donors (Lipinski definition) is 2. The van der Waals surface area contributed by atoms with Gasteiger partial charge in [-0.05, 0) is 59.7 Å². The Morgan fingerprint density at radius 2 is 1.90 bits per heavy atom. The van der Waals surface area contributed by atoms with Gasteiger partial charge in [0.05, 0.1) is 11.9 Å². The van der Waals surface area contributed by atoms with Gasteiger partial charge >= 0.3 is 0 Å². The topological polar surface area (TPSA) is 88.3 Å². The fourth-order valence-corrected chi connectivity index (χ4v) is 4.63. The van der Waals surface area contributed by atoms with Gasteiger partial charge in [-0.15, -0.1) is 0 Å². The highest BCUT2D eigenvalue weighted by Crippen LogP contribution is 2.33. The standard InChI is InChI=1S/C21H23FN4O2S/c1-29(27,28)26-8-5-17(6-9-26)25-21-12-16(10-15-4-7-24-13-18(15)21)14-2-3-19(22)20(23)11-14/h2-4,7,10-13,17,25H,5-6,8-9,23H2,1H3. The molecule has 2 aromatic carbocycles. The first-order chi connectivity index (χ1) is 13.8. The molecule has 0 aliphatic carbocycles. The summed E-state index contributed by atoms with van der Waals surface area (Å²) in [6, 6.07) is 10.8. The Labute approximate surface area is 169 Å². The van der Waals surface area contributed by atoms with E-state index in [9.17, 15) is 12.8 Å². The average molecular weight is 415 g/mol. The molecule has 0 atom stereocenters.